The number of carbonyl (C=O) groups excluding carboxylic acids is 2. The first kappa shape index (κ1) is 17.5. The maximum Gasteiger partial charge on any atom is 0.253 e. The Morgan fingerprint density at radius 1 is 1.00 bits per heavy atom. The van der Waals surface area contributed by atoms with Gasteiger partial charge in [-0.3, -0.25) is 9.59 Å². The number of piperazine rings is 1. The quantitative estimate of drug-likeness (QED) is 0.899. The molecule has 0 bridgehead atoms. The summed E-state index contributed by atoms with van der Waals surface area (Å²) < 4.78 is 0. The van der Waals surface area contributed by atoms with Gasteiger partial charge in [0.05, 0.1) is 5.69 Å². The Morgan fingerprint density at radius 2 is 1.74 bits per heavy atom. The van der Waals surface area contributed by atoms with Gasteiger partial charge in [-0.2, -0.15) is 5.10 Å². The van der Waals surface area contributed by atoms with E-state index in [9.17, 15) is 9.59 Å². The molecule has 0 radical (unpaired) electrons. The average Bonchev–Trinajstić information content (AvgIpc) is 3.15. The van der Waals surface area contributed by atoms with Crippen molar-refractivity contribution in [3.05, 3.63) is 47.2 Å². The number of nitrogens with zero attached hydrogens (tertiary/aromatic N) is 4. The van der Waals surface area contributed by atoms with Gasteiger partial charge in [-0.15, -0.1) is 5.10 Å². The second kappa shape index (κ2) is 7.34. The minimum Gasteiger partial charge on any atom is -0.352 e. The molecule has 140 valence electrons. The Morgan fingerprint density at radius 3 is 2.44 bits per heavy atom. The van der Waals surface area contributed by atoms with Gasteiger partial charge >= 0.3 is 0 Å². The number of rotatable bonds is 3. The van der Waals surface area contributed by atoms with E-state index in [1.165, 1.54) is 12.5 Å². The molecule has 2 aliphatic rings. The lowest BCUT2D eigenvalue weighted by Gasteiger charge is -2.35. The lowest BCUT2D eigenvalue weighted by Crippen LogP contribution is -2.49. The maximum absolute atomic E-state index is 12.7. The summed E-state index contributed by atoms with van der Waals surface area (Å²) in [6, 6.07) is 9.18. The van der Waals surface area contributed by atoms with Crippen molar-refractivity contribution < 1.29 is 9.59 Å². The van der Waals surface area contributed by atoms with Gasteiger partial charge in [-0.05, 0) is 55.2 Å². The molecule has 7 nitrogen and oxygen atoms in total. The van der Waals surface area contributed by atoms with Crippen molar-refractivity contribution in [1.82, 2.24) is 15.1 Å². The summed E-state index contributed by atoms with van der Waals surface area (Å²) >= 11 is 0. The van der Waals surface area contributed by atoms with Crippen LogP contribution in [0.1, 0.15) is 35.0 Å². The fourth-order valence-electron chi connectivity index (χ4n) is 3.69. The summed E-state index contributed by atoms with van der Waals surface area (Å²) in [5, 5.41) is 11.4. The van der Waals surface area contributed by atoms with Gasteiger partial charge < -0.3 is 15.1 Å². The molecule has 27 heavy (non-hydrogen) atoms. The third-order valence-corrected chi connectivity index (χ3v) is 5.15. The number of aromatic nitrogens is 2. The molecule has 2 amide bonds. The number of amides is 2. The van der Waals surface area contributed by atoms with Crippen LogP contribution in [0.4, 0.5) is 11.5 Å². The van der Waals surface area contributed by atoms with Crippen molar-refractivity contribution in [2.45, 2.75) is 26.2 Å². The average molecular weight is 365 g/mol. The van der Waals surface area contributed by atoms with E-state index in [-0.39, 0.29) is 11.8 Å². The van der Waals surface area contributed by atoms with Crippen LogP contribution in [-0.4, -0.2) is 53.1 Å². The largest absolute Gasteiger partial charge is 0.352 e. The number of fused-ring (bicyclic) bond motifs is 1. The molecule has 1 fully saturated rings. The minimum atomic E-state index is -0.125. The molecule has 1 aliphatic heterocycles. The van der Waals surface area contributed by atoms with Crippen LogP contribution in [0.25, 0.3) is 0 Å². The van der Waals surface area contributed by atoms with Crippen LogP contribution in [0.2, 0.25) is 0 Å². The fourth-order valence-corrected chi connectivity index (χ4v) is 3.69. The number of hydrogen-bond donors (Lipinski definition) is 1. The molecule has 2 heterocycles. The van der Waals surface area contributed by atoms with Crippen LogP contribution in [-0.2, 0) is 17.6 Å². The minimum absolute atomic E-state index is 0.0177. The highest BCUT2D eigenvalue weighted by Gasteiger charge is 2.24. The van der Waals surface area contributed by atoms with Gasteiger partial charge in [0.2, 0.25) is 5.91 Å². The summed E-state index contributed by atoms with van der Waals surface area (Å²) in [4.78, 5) is 27.9. The van der Waals surface area contributed by atoms with Crippen molar-refractivity contribution in [3.8, 4) is 0 Å². The van der Waals surface area contributed by atoms with Crippen LogP contribution in [0, 0.1) is 0 Å². The first-order valence-electron chi connectivity index (χ1n) is 9.37. The van der Waals surface area contributed by atoms with Crippen LogP contribution in [0.5, 0.6) is 0 Å². The topological polar surface area (TPSA) is 78.4 Å². The summed E-state index contributed by atoms with van der Waals surface area (Å²) in [6.07, 6.45) is 3.28. The number of benzene rings is 1. The predicted molar refractivity (Wildman–Crippen MR) is 103 cm³/mol. The van der Waals surface area contributed by atoms with E-state index in [0.29, 0.717) is 24.3 Å². The van der Waals surface area contributed by atoms with Crippen molar-refractivity contribution in [3.63, 3.8) is 0 Å². The van der Waals surface area contributed by atoms with E-state index >= 15 is 0 Å². The summed E-state index contributed by atoms with van der Waals surface area (Å²) in [5.74, 6) is 0.811. The fraction of sp³-hybridized carbons (Fsp3) is 0.400. The number of carbonyl (C=O) groups is 2. The molecule has 7 heteroatoms. The third kappa shape index (κ3) is 3.77. The lowest BCUT2D eigenvalue weighted by atomic mass is 10.1. The summed E-state index contributed by atoms with van der Waals surface area (Å²) in [7, 11) is 0. The van der Waals surface area contributed by atoms with E-state index < -0.39 is 0 Å². The van der Waals surface area contributed by atoms with Crippen molar-refractivity contribution in [2.75, 3.05) is 36.4 Å². The molecule has 0 spiro atoms. The number of anilines is 2. The number of hydrogen-bond acceptors (Lipinski definition) is 5. The molecule has 1 N–H and O–H groups in total. The highest BCUT2D eigenvalue weighted by molar-refractivity contribution is 5.95. The van der Waals surface area contributed by atoms with Gasteiger partial charge in [0, 0.05) is 44.4 Å². The number of nitrogens with one attached hydrogen (secondary N) is 1. The van der Waals surface area contributed by atoms with Gasteiger partial charge in [0.15, 0.2) is 5.82 Å². The predicted octanol–water partition coefficient (Wildman–Crippen LogP) is 1.89. The van der Waals surface area contributed by atoms with Gasteiger partial charge in [-0.1, -0.05) is 0 Å². The Bertz CT molecular complexity index is 857. The SMILES string of the molecule is CC(=O)Nc1ccc(C(=O)N2CCN(c3cc4c(nn3)CCC4)CC2)cc1. The maximum atomic E-state index is 12.7. The first-order valence-corrected chi connectivity index (χ1v) is 9.37. The lowest BCUT2D eigenvalue weighted by molar-refractivity contribution is -0.114. The molecule has 1 aliphatic carbocycles. The van der Waals surface area contributed by atoms with E-state index in [1.54, 1.807) is 24.3 Å². The van der Waals surface area contributed by atoms with Crippen LogP contribution < -0.4 is 10.2 Å². The highest BCUT2D eigenvalue weighted by Crippen LogP contribution is 2.23. The van der Waals surface area contributed by atoms with Crippen LogP contribution in [0.3, 0.4) is 0 Å². The Kier molecular flexibility index (Phi) is 4.75. The molecular weight excluding hydrogens is 342 g/mol. The van der Waals surface area contributed by atoms with Crippen molar-refractivity contribution in [2.24, 2.45) is 0 Å². The normalized spacial score (nSPS) is 16.2. The molecule has 4 rings (SSSR count). The second-order valence-electron chi connectivity index (χ2n) is 7.07. The molecule has 0 saturated carbocycles. The van der Waals surface area contributed by atoms with E-state index in [0.717, 1.165) is 43.9 Å². The standard InChI is InChI=1S/C20H23N5O2/c1-14(26)21-17-7-5-15(6-8-17)20(27)25-11-9-24(10-12-25)19-13-16-3-2-4-18(16)22-23-19/h5-8,13H,2-4,9-12H2,1H3,(H,21,26). The van der Waals surface area contributed by atoms with Crippen LogP contribution in [0.15, 0.2) is 30.3 Å². The molecule has 2 aromatic rings. The third-order valence-electron chi connectivity index (χ3n) is 5.15. The van der Waals surface area contributed by atoms with E-state index in [1.807, 2.05) is 4.90 Å². The molecule has 1 aromatic heterocycles. The van der Waals surface area contributed by atoms with E-state index in [4.69, 9.17) is 0 Å². The molecule has 1 saturated heterocycles. The Hall–Kier alpha value is -2.96. The zero-order valence-electron chi connectivity index (χ0n) is 15.4. The van der Waals surface area contributed by atoms with Gasteiger partial charge in [0.1, 0.15) is 0 Å². The second-order valence-corrected chi connectivity index (χ2v) is 7.07. The van der Waals surface area contributed by atoms with Crippen molar-refractivity contribution in [1.29, 1.82) is 0 Å². The molecule has 1 aromatic carbocycles. The van der Waals surface area contributed by atoms with Gasteiger partial charge in [0.25, 0.3) is 5.91 Å². The number of aryl methyl sites for hydroxylation is 2. The van der Waals surface area contributed by atoms with E-state index in [2.05, 4.69) is 26.5 Å². The molecular formula is C20H23N5O2. The molecule has 0 atom stereocenters. The smallest absolute Gasteiger partial charge is 0.253 e. The summed E-state index contributed by atoms with van der Waals surface area (Å²) in [6.45, 7) is 4.28. The zero-order chi connectivity index (χ0) is 18.8. The summed E-state index contributed by atoms with van der Waals surface area (Å²) in [5.41, 5.74) is 3.78. The monoisotopic (exact) mass is 365 g/mol. The van der Waals surface area contributed by atoms with Gasteiger partial charge in [-0.25, -0.2) is 0 Å². The van der Waals surface area contributed by atoms with Crippen molar-refractivity contribution >= 4 is 23.3 Å². The van der Waals surface area contributed by atoms with Crippen LogP contribution >= 0.6 is 0 Å². The Balaban J connectivity index is 1.37. The molecule has 0 unspecified atom stereocenters. The zero-order valence-corrected chi connectivity index (χ0v) is 15.4. The Labute approximate surface area is 158 Å². The highest BCUT2D eigenvalue weighted by atomic mass is 16.2. The first-order chi connectivity index (χ1) is 13.1.